The summed E-state index contributed by atoms with van der Waals surface area (Å²) in [5, 5.41) is 0. The fraction of sp³-hybridized carbons (Fsp3) is 0.261. The van der Waals surface area contributed by atoms with E-state index in [1.807, 2.05) is 18.3 Å². The number of ether oxygens (including phenoxy) is 1. The van der Waals surface area contributed by atoms with Gasteiger partial charge in [-0.1, -0.05) is 24.3 Å². The summed E-state index contributed by atoms with van der Waals surface area (Å²) in [7, 11) is 1.67. The standard InChI is InChI=1S/C23H24N4O/c1-16-5-3-4-6-17(16)7-8-18-11-13-25-23-22(18)26-21(27-23)10-9-19-15-20(28-2)12-14-24-19/h3-6,11-15H,7-10H2,1-2H3,(H,25,26,27). The fourth-order valence-electron chi connectivity index (χ4n) is 3.46. The number of pyridine rings is 2. The molecule has 0 bridgehead atoms. The van der Waals surface area contributed by atoms with Gasteiger partial charge in [0.1, 0.15) is 11.6 Å². The predicted octanol–water partition coefficient (Wildman–Crippen LogP) is 4.24. The number of benzene rings is 1. The smallest absolute Gasteiger partial charge is 0.177 e. The highest BCUT2D eigenvalue weighted by Crippen LogP contribution is 2.19. The molecule has 0 aliphatic rings. The third-order valence-electron chi connectivity index (χ3n) is 5.09. The summed E-state index contributed by atoms with van der Waals surface area (Å²) in [6.07, 6.45) is 7.18. The van der Waals surface area contributed by atoms with E-state index in [-0.39, 0.29) is 0 Å². The molecule has 0 unspecified atom stereocenters. The van der Waals surface area contributed by atoms with Crippen LogP contribution < -0.4 is 4.74 Å². The molecule has 0 aliphatic heterocycles. The van der Waals surface area contributed by atoms with Crippen LogP contribution in [0.2, 0.25) is 0 Å². The Morgan fingerprint density at radius 1 is 0.893 bits per heavy atom. The molecule has 5 nitrogen and oxygen atoms in total. The quantitative estimate of drug-likeness (QED) is 0.527. The Kier molecular flexibility index (Phi) is 5.33. The molecule has 3 heterocycles. The van der Waals surface area contributed by atoms with Gasteiger partial charge >= 0.3 is 0 Å². The molecule has 0 aliphatic carbocycles. The zero-order valence-electron chi connectivity index (χ0n) is 16.3. The molecule has 142 valence electrons. The van der Waals surface area contributed by atoms with Crippen LogP contribution in [0.3, 0.4) is 0 Å². The summed E-state index contributed by atoms with van der Waals surface area (Å²) in [6.45, 7) is 2.17. The third kappa shape index (κ3) is 4.03. The monoisotopic (exact) mass is 372 g/mol. The molecule has 0 saturated heterocycles. The Morgan fingerprint density at radius 3 is 2.57 bits per heavy atom. The summed E-state index contributed by atoms with van der Waals surface area (Å²) in [4.78, 5) is 17.0. The van der Waals surface area contributed by atoms with Gasteiger partial charge in [-0.25, -0.2) is 9.97 Å². The zero-order chi connectivity index (χ0) is 19.3. The van der Waals surface area contributed by atoms with E-state index in [9.17, 15) is 0 Å². The number of fused-ring (bicyclic) bond motifs is 1. The number of nitrogens with zero attached hydrogens (tertiary/aromatic N) is 3. The fourth-order valence-corrected chi connectivity index (χ4v) is 3.46. The van der Waals surface area contributed by atoms with E-state index < -0.39 is 0 Å². The first-order valence-electron chi connectivity index (χ1n) is 9.59. The molecule has 0 fully saturated rings. The summed E-state index contributed by atoms with van der Waals surface area (Å²) < 4.78 is 5.27. The molecule has 0 atom stereocenters. The molecular weight excluding hydrogens is 348 g/mol. The number of nitrogens with one attached hydrogen (secondary N) is 1. The van der Waals surface area contributed by atoms with Crippen molar-refractivity contribution in [3.05, 3.63) is 83.1 Å². The molecule has 3 aromatic heterocycles. The first-order chi connectivity index (χ1) is 13.7. The van der Waals surface area contributed by atoms with Crippen LogP contribution >= 0.6 is 0 Å². The highest BCUT2D eigenvalue weighted by atomic mass is 16.5. The van der Waals surface area contributed by atoms with Gasteiger partial charge in [0.2, 0.25) is 0 Å². The number of H-pyrrole nitrogens is 1. The van der Waals surface area contributed by atoms with Crippen molar-refractivity contribution in [2.75, 3.05) is 7.11 Å². The summed E-state index contributed by atoms with van der Waals surface area (Å²) in [6, 6.07) is 14.5. The first-order valence-corrected chi connectivity index (χ1v) is 9.59. The third-order valence-corrected chi connectivity index (χ3v) is 5.09. The van der Waals surface area contributed by atoms with Gasteiger partial charge in [0, 0.05) is 30.6 Å². The number of imidazole rings is 1. The maximum atomic E-state index is 5.27. The minimum Gasteiger partial charge on any atom is -0.497 e. The van der Waals surface area contributed by atoms with Crippen molar-refractivity contribution >= 4 is 11.2 Å². The van der Waals surface area contributed by atoms with Crippen LogP contribution in [0.1, 0.15) is 28.2 Å². The molecule has 0 spiro atoms. The van der Waals surface area contributed by atoms with E-state index in [2.05, 4.69) is 57.2 Å². The van der Waals surface area contributed by atoms with Crippen molar-refractivity contribution in [1.82, 2.24) is 19.9 Å². The van der Waals surface area contributed by atoms with Crippen molar-refractivity contribution in [1.29, 1.82) is 0 Å². The lowest BCUT2D eigenvalue weighted by atomic mass is 10.0. The van der Waals surface area contributed by atoms with Crippen LogP contribution in [0.5, 0.6) is 5.75 Å². The van der Waals surface area contributed by atoms with Crippen LogP contribution in [0.4, 0.5) is 0 Å². The summed E-state index contributed by atoms with van der Waals surface area (Å²) in [5.74, 6) is 1.77. The normalized spacial score (nSPS) is 11.1. The average molecular weight is 372 g/mol. The SMILES string of the molecule is COc1ccnc(CCc2nc3nccc(CCc4ccccc4C)c3[nH]2)c1. The van der Waals surface area contributed by atoms with Gasteiger partial charge in [-0.3, -0.25) is 4.98 Å². The van der Waals surface area contributed by atoms with Gasteiger partial charge in [-0.15, -0.1) is 0 Å². The lowest BCUT2D eigenvalue weighted by Crippen LogP contribution is -1.97. The Balaban J connectivity index is 1.49. The van der Waals surface area contributed by atoms with E-state index in [4.69, 9.17) is 4.74 Å². The highest BCUT2D eigenvalue weighted by Gasteiger charge is 2.10. The first kappa shape index (κ1) is 18.2. The van der Waals surface area contributed by atoms with Gasteiger partial charge in [-0.05, 0) is 55.0 Å². The van der Waals surface area contributed by atoms with E-state index >= 15 is 0 Å². The minimum absolute atomic E-state index is 0.785. The Labute approximate surface area is 164 Å². The second-order valence-corrected chi connectivity index (χ2v) is 6.97. The van der Waals surface area contributed by atoms with Crippen molar-refractivity contribution in [3.63, 3.8) is 0 Å². The van der Waals surface area contributed by atoms with Crippen molar-refractivity contribution in [3.8, 4) is 5.75 Å². The summed E-state index contributed by atoms with van der Waals surface area (Å²) >= 11 is 0. The van der Waals surface area contributed by atoms with Gasteiger partial charge in [0.25, 0.3) is 0 Å². The van der Waals surface area contributed by atoms with Crippen LogP contribution in [-0.4, -0.2) is 27.0 Å². The Morgan fingerprint density at radius 2 is 1.71 bits per heavy atom. The number of hydrogen-bond acceptors (Lipinski definition) is 4. The van der Waals surface area contributed by atoms with E-state index in [1.54, 1.807) is 13.3 Å². The van der Waals surface area contributed by atoms with Crippen LogP contribution in [0, 0.1) is 6.92 Å². The van der Waals surface area contributed by atoms with Crippen LogP contribution in [0.25, 0.3) is 11.2 Å². The molecule has 4 aromatic rings. The number of aryl methyl sites for hydroxylation is 5. The van der Waals surface area contributed by atoms with E-state index in [1.165, 1.54) is 16.7 Å². The number of methoxy groups -OCH3 is 1. The highest BCUT2D eigenvalue weighted by molar-refractivity contribution is 5.74. The molecule has 5 heteroatoms. The maximum absolute atomic E-state index is 5.27. The van der Waals surface area contributed by atoms with Crippen molar-refractivity contribution in [2.24, 2.45) is 0 Å². The largest absolute Gasteiger partial charge is 0.497 e. The van der Waals surface area contributed by atoms with E-state index in [0.717, 1.165) is 54.1 Å². The topological polar surface area (TPSA) is 63.7 Å². The van der Waals surface area contributed by atoms with Gasteiger partial charge in [0.15, 0.2) is 5.65 Å². The molecule has 0 saturated carbocycles. The number of aromatic amines is 1. The predicted molar refractivity (Wildman–Crippen MR) is 111 cm³/mol. The molecule has 28 heavy (non-hydrogen) atoms. The van der Waals surface area contributed by atoms with Gasteiger partial charge in [-0.2, -0.15) is 0 Å². The lowest BCUT2D eigenvalue weighted by Gasteiger charge is -2.06. The maximum Gasteiger partial charge on any atom is 0.177 e. The van der Waals surface area contributed by atoms with Gasteiger partial charge < -0.3 is 9.72 Å². The van der Waals surface area contributed by atoms with Crippen molar-refractivity contribution < 1.29 is 4.74 Å². The molecule has 0 amide bonds. The second-order valence-electron chi connectivity index (χ2n) is 6.97. The van der Waals surface area contributed by atoms with Gasteiger partial charge in [0.05, 0.1) is 12.6 Å². The molecular formula is C23H24N4O. The second kappa shape index (κ2) is 8.21. The molecule has 1 N–H and O–H groups in total. The Hall–Kier alpha value is -3.21. The average Bonchev–Trinajstić information content (AvgIpc) is 3.15. The number of rotatable bonds is 7. The minimum atomic E-state index is 0.785. The zero-order valence-corrected chi connectivity index (χ0v) is 16.3. The molecule has 4 rings (SSSR count). The van der Waals surface area contributed by atoms with Crippen LogP contribution in [-0.2, 0) is 25.7 Å². The number of aromatic nitrogens is 4. The van der Waals surface area contributed by atoms with E-state index in [0.29, 0.717) is 0 Å². The summed E-state index contributed by atoms with van der Waals surface area (Å²) in [5.41, 5.74) is 6.81. The lowest BCUT2D eigenvalue weighted by molar-refractivity contribution is 0.413. The molecule has 0 radical (unpaired) electrons. The number of hydrogen-bond donors (Lipinski definition) is 1. The van der Waals surface area contributed by atoms with Crippen LogP contribution in [0.15, 0.2) is 54.9 Å². The molecule has 1 aromatic carbocycles. The Bertz CT molecular complexity index is 1090. The van der Waals surface area contributed by atoms with Crippen molar-refractivity contribution in [2.45, 2.75) is 32.6 Å².